The van der Waals surface area contributed by atoms with Crippen LogP contribution in [0.3, 0.4) is 0 Å². The van der Waals surface area contributed by atoms with E-state index < -0.39 is 11.7 Å². The number of benzene rings is 1. The van der Waals surface area contributed by atoms with Crippen LogP contribution in [-0.4, -0.2) is 9.97 Å². The Morgan fingerprint density at radius 1 is 1.17 bits per heavy atom. The molecule has 2 rings (SSSR count). The molecule has 0 saturated heterocycles. The normalized spacial score (nSPS) is 11.6. The number of halogens is 4. The number of rotatable bonds is 1. The lowest BCUT2D eigenvalue weighted by molar-refractivity contribution is -0.137. The third-order valence-electron chi connectivity index (χ3n) is 2.24. The number of nitrogens with zero attached hydrogens (tertiary/aromatic N) is 2. The van der Waals surface area contributed by atoms with E-state index in [0.717, 1.165) is 6.07 Å². The highest BCUT2D eigenvalue weighted by Crippen LogP contribution is 2.35. The van der Waals surface area contributed by atoms with Gasteiger partial charge in [-0.25, -0.2) is 9.97 Å². The van der Waals surface area contributed by atoms with Crippen LogP contribution in [0, 0.1) is 3.57 Å². The molecule has 0 spiro atoms. The Bertz CT molecular complexity index is 584. The van der Waals surface area contributed by atoms with Gasteiger partial charge in [0.25, 0.3) is 0 Å². The fourth-order valence-electron chi connectivity index (χ4n) is 1.44. The molecule has 0 radical (unpaired) electrons. The first-order valence-corrected chi connectivity index (χ1v) is 5.92. The maximum atomic E-state index is 12.8. The number of nitrogen functional groups attached to an aromatic ring is 1. The van der Waals surface area contributed by atoms with Crippen molar-refractivity contribution >= 4 is 28.4 Å². The minimum atomic E-state index is -4.45. The summed E-state index contributed by atoms with van der Waals surface area (Å²) in [6.07, 6.45) is -3.05. The van der Waals surface area contributed by atoms with E-state index in [1.54, 1.807) is 0 Å². The van der Waals surface area contributed by atoms with Gasteiger partial charge in [0.15, 0.2) is 5.82 Å². The first-order valence-electron chi connectivity index (χ1n) is 4.84. The van der Waals surface area contributed by atoms with Gasteiger partial charge in [0.1, 0.15) is 5.82 Å². The smallest absolute Gasteiger partial charge is 0.383 e. The molecule has 1 aromatic carbocycles. The maximum Gasteiger partial charge on any atom is 0.417 e. The summed E-state index contributed by atoms with van der Waals surface area (Å²) in [7, 11) is 0. The van der Waals surface area contributed by atoms with Gasteiger partial charge in [-0.2, -0.15) is 13.2 Å². The highest BCUT2D eigenvalue weighted by molar-refractivity contribution is 14.1. The van der Waals surface area contributed by atoms with Gasteiger partial charge in [0, 0.05) is 11.8 Å². The second-order valence-corrected chi connectivity index (χ2v) is 4.63. The molecule has 0 bridgehead atoms. The molecular formula is C11H7F3IN3. The van der Waals surface area contributed by atoms with Crippen LogP contribution in [-0.2, 0) is 6.18 Å². The minimum absolute atomic E-state index is 0.0270. The Morgan fingerprint density at radius 2 is 1.83 bits per heavy atom. The van der Waals surface area contributed by atoms with Crippen LogP contribution in [0.25, 0.3) is 11.4 Å². The standard InChI is InChI=1S/C11H7F3IN3/c12-11(13,14)7-4-2-1-3-6(7)10-17-5-8(15)9(16)18-10/h1-5H,(H2,16,17,18). The highest BCUT2D eigenvalue weighted by atomic mass is 127. The molecule has 2 N–H and O–H groups in total. The number of anilines is 1. The molecule has 0 aliphatic heterocycles. The van der Waals surface area contributed by atoms with Gasteiger partial charge in [-0.1, -0.05) is 18.2 Å². The predicted molar refractivity (Wildman–Crippen MR) is 69.6 cm³/mol. The zero-order chi connectivity index (χ0) is 13.3. The molecule has 0 aliphatic rings. The molecular weight excluding hydrogens is 358 g/mol. The first kappa shape index (κ1) is 13.1. The fraction of sp³-hybridized carbons (Fsp3) is 0.0909. The Balaban J connectivity index is 2.61. The largest absolute Gasteiger partial charge is 0.417 e. The van der Waals surface area contributed by atoms with Gasteiger partial charge in [-0.05, 0) is 28.7 Å². The summed E-state index contributed by atoms with van der Waals surface area (Å²) in [5.74, 6) is 0.137. The van der Waals surface area contributed by atoms with E-state index in [1.807, 2.05) is 22.6 Å². The minimum Gasteiger partial charge on any atom is -0.383 e. The van der Waals surface area contributed by atoms with Gasteiger partial charge in [-0.15, -0.1) is 0 Å². The van der Waals surface area contributed by atoms with E-state index in [2.05, 4.69) is 9.97 Å². The second kappa shape index (κ2) is 4.71. The summed E-state index contributed by atoms with van der Waals surface area (Å²) in [6.45, 7) is 0. The average molecular weight is 365 g/mol. The van der Waals surface area contributed by atoms with Crippen molar-refractivity contribution in [3.63, 3.8) is 0 Å². The Morgan fingerprint density at radius 3 is 2.44 bits per heavy atom. The first-order chi connectivity index (χ1) is 8.39. The zero-order valence-electron chi connectivity index (χ0n) is 8.87. The molecule has 0 unspecified atom stereocenters. The molecule has 0 fully saturated rings. The highest BCUT2D eigenvalue weighted by Gasteiger charge is 2.34. The van der Waals surface area contributed by atoms with Gasteiger partial charge >= 0.3 is 6.18 Å². The quantitative estimate of drug-likeness (QED) is 0.789. The Labute approximate surface area is 114 Å². The summed E-state index contributed by atoms with van der Waals surface area (Å²) in [5.41, 5.74) is 4.73. The molecule has 1 heterocycles. The fourth-order valence-corrected chi connectivity index (χ4v) is 1.70. The lowest BCUT2D eigenvalue weighted by Crippen LogP contribution is -2.08. The number of hydrogen-bond acceptors (Lipinski definition) is 3. The van der Waals surface area contributed by atoms with Crippen LogP contribution in [0.1, 0.15) is 5.56 Å². The van der Waals surface area contributed by atoms with Crippen molar-refractivity contribution in [2.45, 2.75) is 6.18 Å². The van der Waals surface area contributed by atoms with Gasteiger partial charge < -0.3 is 5.73 Å². The van der Waals surface area contributed by atoms with Crippen molar-refractivity contribution in [1.82, 2.24) is 9.97 Å². The molecule has 94 valence electrons. The van der Waals surface area contributed by atoms with Gasteiger partial charge in [0.05, 0.1) is 9.13 Å². The monoisotopic (exact) mass is 365 g/mol. The van der Waals surface area contributed by atoms with Crippen molar-refractivity contribution in [2.24, 2.45) is 0 Å². The zero-order valence-corrected chi connectivity index (χ0v) is 11.0. The van der Waals surface area contributed by atoms with Gasteiger partial charge in [0.2, 0.25) is 0 Å². The molecule has 0 aliphatic carbocycles. The second-order valence-electron chi connectivity index (χ2n) is 3.47. The SMILES string of the molecule is Nc1nc(-c2ccccc2C(F)(F)F)ncc1I. The number of nitrogens with two attached hydrogens (primary N) is 1. The average Bonchev–Trinajstić information content (AvgIpc) is 2.32. The molecule has 1 aromatic heterocycles. The lowest BCUT2D eigenvalue weighted by Gasteiger charge is -2.11. The van der Waals surface area contributed by atoms with Crippen LogP contribution in [0.5, 0.6) is 0 Å². The Hall–Kier alpha value is -1.38. The van der Waals surface area contributed by atoms with E-state index in [0.29, 0.717) is 3.57 Å². The molecule has 0 atom stereocenters. The summed E-state index contributed by atoms with van der Waals surface area (Å²) in [5, 5.41) is 0. The molecule has 18 heavy (non-hydrogen) atoms. The number of alkyl halides is 3. The lowest BCUT2D eigenvalue weighted by atomic mass is 10.1. The van der Waals surface area contributed by atoms with Crippen LogP contribution in [0.2, 0.25) is 0 Å². The number of hydrogen-bond donors (Lipinski definition) is 1. The number of aromatic nitrogens is 2. The topological polar surface area (TPSA) is 51.8 Å². The van der Waals surface area contributed by atoms with Crippen molar-refractivity contribution in [2.75, 3.05) is 5.73 Å². The van der Waals surface area contributed by atoms with Crippen molar-refractivity contribution in [3.8, 4) is 11.4 Å². The maximum absolute atomic E-state index is 12.8. The summed E-state index contributed by atoms with van der Waals surface area (Å²) >= 11 is 1.91. The molecule has 7 heteroatoms. The van der Waals surface area contributed by atoms with E-state index >= 15 is 0 Å². The summed E-state index contributed by atoms with van der Waals surface area (Å²) < 4.78 is 39.1. The third kappa shape index (κ3) is 2.55. The van der Waals surface area contributed by atoms with Crippen molar-refractivity contribution < 1.29 is 13.2 Å². The van der Waals surface area contributed by atoms with Crippen LogP contribution >= 0.6 is 22.6 Å². The van der Waals surface area contributed by atoms with E-state index in [4.69, 9.17) is 5.73 Å². The third-order valence-corrected chi connectivity index (χ3v) is 3.08. The van der Waals surface area contributed by atoms with Crippen molar-refractivity contribution in [3.05, 3.63) is 39.6 Å². The van der Waals surface area contributed by atoms with Crippen molar-refractivity contribution in [1.29, 1.82) is 0 Å². The van der Waals surface area contributed by atoms with E-state index in [9.17, 15) is 13.2 Å². The van der Waals surface area contributed by atoms with E-state index in [-0.39, 0.29) is 17.2 Å². The molecule has 0 saturated carbocycles. The van der Waals surface area contributed by atoms with Crippen LogP contribution < -0.4 is 5.73 Å². The summed E-state index contributed by atoms with van der Waals surface area (Å²) in [4.78, 5) is 7.76. The molecule has 0 amide bonds. The molecule has 2 aromatic rings. The molecule has 3 nitrogen and oxygen atoms in total. The van der Waals surface area contributed by atoms with E-state index in [1.165, 1.54) is 24.4 Å². The van der Waals surface area contributed by atoms with Crippen LogP contribution in [0.4, 0.5) is 19.0 Å². The van der Waals surface area contributed by atoms with Crippen LogP contribution in [0.15, 0.2) is 30.5 Å². The predicted octanol–water partition coefficient (Wildman–Crippen LogP) is 3.35. The Kier molecular flexibility index (Phi) is 3.42. The summed E-state index contributed by atoms with van der Waals surface area (Å²) in [6, 6.07) is 5.14. The van der Waals surface area contributed by atoms with Gasteiger partial charge in [-0.3, -0.25) is 0 Å².